The predicted molar refractivity (Wildman–Crippen MR) is 71.0 cm³/mol. The standard InChI is InChI=1S/C11H7BrClNO2S/c1-6-14-9(5-17-6)11(15)16-10-3-2-7(13)4-8(10)12/h2-5H,1H3. The van der Waals surface area contributed by atoms with Gasteiger partial charge in [-0.1, -0.05) is 11.6 Å². The molecule has 0 aliphatic carbocycles. The van der Waals surface area contributed by atoms with Crippen molar-refractivity contribution in [3.63, 3.8) is 0 Å². The molecule has 17 heavy (non-hydrogen) atoms. The van der Waals surface area contributed by atoms with Crippen molar-refractivity contribution in [1.82, 2.24) is 4.98 Å². The van der Waals surface area contributed by atoms with Gasteiger partial charge in [0.05, 0.1) is 9.48 Å². The predicted octanol–water partition coefficient (Wildman–Crippen LogP) is 4.09. The van der Waals surface area contributed by atoms with Gasteiger partial charge in [0.1, 0.15) is 5.75 Å². The minimum atomic E-state index is -0.475. The topological polar surface area (TPSA) is 39.2 Å². The Balaban J connectivity index is 2.18. The summed E-state index contributed by atoms with van der Waals surface area (Å²) in [4.78, 5) is 15.8. The summed E-state index contributed by atoms with van der Waals surface area (Å²) < 4.78 is 5.83. The largest absolute Gasteiger partial charge is 0.421 e. The summed E-state index contributed by atoms with van der Waals surface area (Å²) in [5.41, 5.74) is 0.314. The van der Waals surface area contributed by atoms with E-state index < -0.39 is 5.97 Å². The van der Waals surface area contributed by atoms with Gasteiger partial charge in [0.2, 0.25) is 0 Å². The zero-order chi connectivity index (χ0) is 12.4. The summed E-state index contributed by atoms with van der Waals surface area (Å²) in [6, 6.07) is 4.95. The van der Waals surface area contributed by atoms with E-state index >= 15 is 0 Å². The second-order valence-corrected chi connectivity index (χ2v) is 5.57. The first-order valence-electron chi connectivity index (χ1n) is 4.65. The summed E-state index contributed by atoms with van der Waals surface area (Å²) in [5.74, 6) is -0.0533. The third-order valence-corrected chi connectivity index (χ3v) is 3.55. The zero-order valence-electron chi connectivity index (χ0n) is 8.74. The van der Waals surface area contributed by atoms with E-state index in [1.165, 1.54) is 11.3 Å². The molecule has 0 bridgehead atoms. The van der Waals surface area contributed by atoms with Gasteiger partial charge in [-0.3, -0.25) is 0 Å². The molecule has 0 aliphatic heterocycles. The summed E-state index contributed by atoms with van der Waals surface area (Å²) in [7, 11) is 0. The van der Waals surface area contributed by atoms with Crippen LogP contribution >= 0.6 is 38.9 Å². The highest BCUT2D eigenvalue weighted by Crippen LogP contribution is 2.28. The average Bonchev–Trinajstić information content (AvgIpc) is 2.69. The molecule has 3 nitrogen and oxygen atoms in total. The minimum absolute atomic E-state index is 0.314. The van der Waals surface area contributed by atoms with Crippen LogP contribution in [0.1, 0.15) is 15.5 Å². The van der Waals surface area contributed by atoms with Crippen LogP contribution in [0.5, 0.6) is 5.75 Å². The molecule has 2 aromatic rings. The minimum Gasteiger partial charge on any atom is -0.421 e. The number of hydrogen-bond acceptors (Lipinski definition) is 4. The van der Waals surface area contributed by atoms with Crippen LogP contribution in [0.2, 0.25) is 5.02 Å². The lowest BCUT2D eigenvalue weighted by atomic mass is 10.3. The van der Waals surface area contributed by atoms with Crippen LogP contribution in [0.25, 0.3) is 0 Å². The van der Waals surface area contributed by atoms with E-state index in [-0.39, 0.29) is 0 Å². The Kier molecular flexibility index (Phi) is 3.81. The Morgan fingerprint density at radius 2 is 2.29 bits per heavy atom. The number of thiazole rings is 1. The normalized spacial score (nSPS) is 10.3. The van der Waals surface area contributed by atoms with Crippen molar-refractivity contribution in [1.29, 1.82) is 0 Å². The van der Waals surface area contributed by atoms with Gasteiger partial charge in [-0.15, -0.1) is 11.3 Å². The number of nitrogens with zero attached hydrogens (tertiary/aromatic N) is 1. The molecule has 6 heteroatoms. The molecule has 88 valence electrons. The highest BCUT2D eigenvalue weighted by Gasteiger charge is 2.13. The molecule has 0 amide bonds. The van der Waals surface area contributed by atoms with E-state index in [1.807, 2.05) is 6.92 Å². The maximum Gasteiger partial charge on any atom is 0.363 e. The van der Waals surface area contributed by atoms with Crippen molar-refractivity contribution >= 4 is 44.8 Å². The molecule has 0 atom stereocenters. The van der Waals surface area contributed by atoms with E-state index in [9.17, 15) is 4.79 Å². The first-order valence-corrected chi connectivity index (χ1v) is 6.70. The number of hydrogen-bond donors (Lipinski definition) is 0. The van der Waals surface area contributed by atoms with Crippen molar-refractivity contribution in [3.8, 4) is 5.75 Å². The van der Waals surface area contributed by atoms with Crippen LogP contribution in [0.3, 0.4) is 0 Å². The van der Waals surface area contributed by atoms with Crippen LogP contribution in [0.4, 0.5) is 0 Å². The maximum atomic E-state index is 11.7. The molecule has 0 saturated heterocycles. The Hall–Kier alpha value is -0.910. The van der Waals surface area contributed by atoms with E-state index in [4.69, 9.17) is 16.3 Å². The number of rotatable bonds is 2. The number of halogens is 2. The zero-order valence-corrected chi connectivity index (χ0v) is 11.9. The first-order chi connectivity index (χ1) is 8.06. The summed E-state index contributed by atoms with van der Waals surface area (Å²) >= 11 is 10.5. The fourth-order valence-electron chi connectivity index (χ4n) is 1.17. The molecule has 1 aromatic carbocycles. The van der Waals surface area contributed by atoms with Crippen LogP contribution in [0.15, 0.2) is 28.1 Å². The Morgan fingerprint density at radius 3 is 2.88 bits per heavy atom. The highest BCUT2D eigenvalue weighted by atomic mass is 79.9. The highest BCUT2D eigenvalue weighted by molar-refractivity contribution is 9.10. The van der Waals surface area contributed by atoms with E-state index in [0.29, 0.717) is 20.9 Å². The third kappa shape index (κ3) is 3.06. The molecule has 0 fully saturated rings. The van der Waals surface area contributed by atoms with Gasteiger partial charge in [0.15, 0.2) is 5.69 Å². The van der Waals surface area contributed by atoms with Gasteiger partial charge in [0, 0.05) is 10.4 Å². The first kappa shape index (κ1) is 12.5. The number of esters is 1. The monoisotopic (exact) mass is 331 g/mol. The Bertz CT molecular complexity index is 570. The number of ether oxygens (including phenoxy) is 1. The molecule has 0 aliphatic rings. The molecule has 1 heterocycles. The molecule has 0 N–H and O–H groups in total. The van der Waals surface area contributed by atoms with Crippen LogP contribution < -0.4 is 4.74 Å². The van der Waals surface area contributed by atoms with Gasteiger partial charge in [0.25, 0.3) is 0 Å². The van der Waals surface area contributed by atoms with Crippen LogP contribution in [0, 0.1) is 6.92 Å². The van der Waals surface area contributed by atoms with Crippen molar-refractivity contribution in [2.45, 2.75) is 6.92 Å². The SMILES string of the molecule is Cc1nc(C(=O)Oc2ccc(Cl)cc2Br)cs1. The fraction of sp³-hybridized carbons (Fsp3) is 0.0909. The lowest BCUT2D eigenvalue weighted by Gasteiger charge is -2.04. The molecule has 0 unspecified atom stereocenters. The van der Waals surface area contributed by atoms with E-state index in [1.54, 1.807) is 23.6 Å². The lowest BCUT2D eigenvalue weighted by Crippen LogP contribution is -2.09. The number of aryl methyl sites for hydroxylation is 1. The number of aromatic nitrogens is 1. The van der Waals surface area contributed by atoms with Crippen molar-refractivity contribution < 1.29 is 9.53 Å². The molecule has 2 rings (SSSR count). The lowest BCUT2D eigenvalue weighted by molar-refractivity contribution is 0.0728. The third-order valence-electron chi connectivity index (χ3n) is 1.92. The Labute approximate surface area is 116 Å². The molecule has 0 spiro atoms. The summed E-state index contributed by atoms with van der Waals surface area (Å²) in [6.45, 7) is 1.83. The van der Waals surface area contributed by atoms with Crippen LogP contribution in [-0.4, -0.2) is 11.0 Å². The smallest absolute Gasteiger partial charge is 0.363 e. The number of carbonyl (C=O) groups is 1. The second kappa shape index (κ2) is 5.16. The molecular weight excluding hydrogens is 326 g/mol. The van der Waals surface area contributed by atoms with Crippen molar-refractivity contribution in [3.05, 3.63) is 43.8 Å². The average molecular weight is 333 g/mol. The fourth-order valence-corrected chi connectivity index (χ4v) is 2.51. The summed E-state index contributed by atoms with van der Waals surface area (Å²) in [5, 5.41) is 3.06. The molecule has 0 radical (unpaired) electrons. The van der Waals surface area contributed by atoms with Gasteiger partial charge in [-0.2, -0.15) is 0 Å². The molecule has 0 saturated carbocycles. The van der Waals surface area contributed by atoms with Crippen LogP contribution in [-0.2, 0) is 0 Å². The number of benzene rings is 1. The van der Waals surface area contributed by atoms with Gasteiger partial charge in [-0.05, 0) is 41.1 Å². The number of carbonyl (C=O) groups excluding carboxylic acids is 1. The van der Waals surface area contributed by atoms with Gasteiger partial charge < -0.3 is 4.74 Å². The van der Waals surface area contributed by atoms with Crippen molar-refractivity contribution in [2.24, 2.45) is 0 Å². The Morgan fingerprint density at radius 1 is 1.53 bits per heavy atom. The van der Waals surface area contributed by atoms with Gasteiger partial charge in [-0.25, -0.2) is 9.78 Å². The van der Waals surface area contributed by atoms with E-state index in [0.717, 1.165) is 5.01 Å². The van der Waals surface area contributed by atoms with Crippen molar-refractivity contribution in [2.75, 3.05) is 0 Å². The summed E-state index contributed by atoms with van der Waals surface area (Å²) in [6.07, 6.45) is 0. The molecule has 1 aromatic heterocycles. The maximum absolute atomic E-state index is 11.7. The second-order valence-electron chi connectivity index (χ2n) is 3.22. The van der Waals surface area contributed by atoms with Gasteiger partial charge >= 0.3 is 5.97 Å². The quantitative estimate of drug-likeness (QED) is 0.614. The van der Waals surface area contributed by atoms with E-state index in [2.05, 4.69) is 20.9 Å². The molecular formula is C11H7BrClNO2S.